The molecule has 1 heterocycles. The SMILES string of the molecule is O=CNCCC(CCCN1CCN(c2ccc(F)cc2)CC1)(c1ccccc1)c1ccccc1. The van der Waals surface area contributed by atoms with Gasteiger partial charge in [0.25, 0.3) is 0 Å². The van der Waals surface area contributed by atoms with Gasteiger partial charge in [0.05, 0.1) is 0 Å². The molecule has 4 rings (SSSR count). The molecule has 1 fully saturated rings. The molecule has 0 bridgehead atoms. The van der Waals surface area contributed by atoms with Crippen molar-refractivity contribution in [1.82, 2.24) is 10.2 Å². The smallest absolute Gasteiger partial charge is 0.207 e. The minimum absolute atomic E-state index is 0.144. The van der Waals surface area contributed by atoms with Crippen molar-refractivity contribution < 1.29 is 9.18 Å². The maximum atomic E-state index is 13.2. The summed E-state index contributed by atoms with van der Waals surface area (Å²) in [6.45, 7) is 5.61. The average molecular weight is 460 g/mol. The fraction of sp³-hybridized carbons (Fsp3) is 0.345. The lowest BCUT2D eigenvalue weighted by molar-refractivity contribution is -0.109. The second-order valence-corrected chi connectivity index (χ2v) is 9.04. The number of anilines is 1. The number of piperazine rings is 1. The number of benzene rings is 3. The Morgan fingerprint density at radius 3 is 1.94 bits per heavy atom. The summed E-state index contributed by atoms with van der Waals surface area (Å²) in [5, 5.41) is 2.89. The number of rotatable bonds is 11. The molecule has 0 spiro atoms. The molecular weight excluding hydrogens is 425 g/mol. The van der Waals surface area contributed by atoms with Crippen molar-refractivity contribution in [3.8, 4) is 0 Å². The Kier molecular flexibility index (Phi) is 8.31. The Labute approximate surface area is 202 Å². The second-order valence-electron chi connectivity index (χ2n) is 9.04. The highest BCUT2D eigenvalue weighted by molar-refractivity contribution is 5.47. The molecule has 0 aliphatic carbocycles. The Balaban J connectivity index is 1.43. The minimum atomic E-state index is -0.189. The zero-order valence-electron chi connectivity index (χ0n) is 19.7. The minimum Gasteiger partial charge on any atom is -0.369 e. The van der Waals surface area contributed by atoms with Gasteiger partial charge in [-0.25, -0.2) is 4.39 Å². The maximum Gasteiger partial charge on any atom is 0.207 e. The monoisotopic (exact) mass is 459 g/mol. The third-order valence-electron chi connectivity index (χ3n) is 7.07. The van der Waals surface area contributed by atoms with Crippen LogP contribution in [0.2, 0.25) is 0 Å². The summed E-state index contributed by atoms with van der Waals surface area (Å²) in [6, 6.07) is 28.2. The Morgan fingerprint density at radius 1 is 0.794 bits per heavy atom. The molecular formula is C29H34FN3O. The molecule has 178 valence electrons. The van der Waals surface area contributed by atoms with E-state index in [1.165, 1.54) is 23.3 Å². The molecule has 1 aliphatic rings. The van der Waals surface area contributed by atoms with Gasteiger partial charge in [-0.05, 0) is 61.2 Å². The number of carbonyl (C=O) groups is 1. The van der Waals surface area contributed by atoms with Crippen molar-refractivity contribution in [2.24, 2.45) is 0 Å². The highest BCUT2D eigenvalue weighted by Crippen LogP contribution is 2.40. The first-order valence-corrected chi connectivity index (χ1v) is 12.2. The zero-order chi connectivity index (χ0) is 23.6. The summed E-state index contributed by atoms with van der Waals surface area (Å²) in [7, 11) is 0. The van der Waals surface area contributed by atoms with Gasteiger partial charge in [-0.1, -0.05) is 60.7 Å². The highest BCUT2D eigenvalue weighted by atomic mass is 19.1. The van der Waals surface area contributed by atoms with Crippen LogP contribution in [-0.4, -0.2) is 50.6 Å². The van der Waals surface area contributed by atoms with Crippen molar-refractivity contribution in [2.45, 2.75) is 24.7 Å². The van der Waals surface area contributed by atoms with Crippen molar-refractivity contribution in [3.63, 3.8) is 0 Å². The summed E-state index contributed by atoms with van der Waals surface area (Å²) >= 11 is 0. The van der Waals surface area contributed by atoms with Crippen LogP contribution in [-0.2, 0) is 10.2 Å². The third kappa shape index (κ3) is 5.84. The molecule has 3 aromatic rings. The second kappa shape index (κ2) is 11.8. The average Bonchev–Trinajstić information content (AvgIpc) is 2.90. The zero-order valence-corrected chi connectivity index (χ0v) is 19.7. The van der Waals surface area contributed by atoms with E-state index in [9.17, 15) is 9.18 Å². The van der Waals surface area contributed by atoms with Gasteiger partial charge in [0.2, 0.25) is 6.41 Å². The molecule has 0 atom stereocenters. The van der Waals surface area contributed by atoms with Crippen molar-refractivity contribution in [2.75, 3.05) is 44.2 Å². The number of nitrogens with one attached hydrogen (secondary N) is 1. The lowest BCUT2D eigenvalue weighted by Crippen LogP contribution is -2.47. The topological polar surface area (TPSA) is 35.6 Å². The van der Waals surface area contributed by atoms with E-state index in [0.29, 0.717) is 6.54 Å². The van der Waals surface area contributed by atoms with E-state index in [1.807, 2.05) is 12.1 Å². The largest absolute Gasteiger partial charge is 0.369 e. The Bertz CT molecular complexity index is 963. The summed E-state index contributed by atoms with van der Waals surface area (Å²) in [4.78, 5) is 15.9. The quantitative estimate of drug-likeness (QED) is 0.329. The molecule has 1 saturated heterocycles. The molecule has 0 saturated carbocycles. The van der Waals surface area contributed by atoms with Crippen LogP contribution in [0.3, 0.4) is 0 Å². The first-order valence-electron chi connectivity index (χ1n) is 12.2. The molecule has 1 aliphatic heterocycles. The van der Waals surface area contributed by atoms with E-state index in [0.717, 1.165) is 64.1 Å². The standard InChI is InChI=1S/C29H34FN3O/c30-27-12-14-28(15-13-27)33-22-20-32(21-23-33)19-7-16-29(17-18-31-24-34,25-8-3-1-4-9-25)26-10-5-2-6-11-26/h1-6,8-15,24H,7,16-23H2,(H,31,34). The van der Waals surface area contributed by atoms with E-state index in [-0.39, 0.29) is 11.2 Å². The van der Waals surface area contributed by atoms with Crippen LogP contribution in [0.5, 0.6) is 0 Å². The predicted molar refractivity (Wildman–Crippen MR) is 137 cm³/mol. The lowest BCUT2D eigenvalue weighted by Gasteiger charge is -2.38. The van der Waals surface area contributed by atoms with Crippen molar-refractivity contribution in [3.05, 3.63) is 102 Å². The van der Waals surface area contributed by atoms with Gasteiger partial charge in [0, 0.05) is 43.8 Å². The molecule has 4 nitrogen and oxygen atoms in total. The van der Waals surface area contributed by atoms with E-state index in [4.69, 9.17) is 0 Å². The molecule has 3 aromatic carbocycles. The van der Waals surface area contributed by atoms with Gasteiger partial charge in [-0.2, -0.15) is 0 Å². The Morgan fingerprint density at radius 2 is 1.38 bits per heavy atom. The van der Waals surface area contributed by atoms with Crippen LogP contribution in [0.4, 0.5) is 10.1 Å². The normalized spacial score (nSPS) is 14.7. The van der Waals surface area contributed by atoms with Gasteiger partial charge in [0.15, 0.2) is 0 Å². The molecule has 34 heavy (non-hydrogen) atoms. The van der Waals surface area contributed by atoms with Crippen LogP contribution >= 0.6 is 0 Å². The summed E-state index contributed by atoms with van der Waals surface area (Å²) in [5.41, 5.74) is 3.55. The number of carbonyl (C=O) groups excluding carboxylic acids is 1. The van der Waals surface area contributed by atoms with Gasteiger partial charge in [0.1, 0.15) is 5.82 Å². The lowest BCUT2D eigenvalue weighted by atomic mass is 9.69. The van der Waals surface area contributed by atoms with Crippen LogP contribution in [0, 0.1) is 5.82 Å². The van der Waals surface area contributed by atoms with Crippen LogP contribution in [0.15, 0.2) is 84.9 Å². The fourth-order valence-corrected chi connectivity index (χ4v) is 5.21. The summed E-state index contributed by atoms with van der Waals surface area (Å²) < 4.78 is 13.2. The van der Waals surface area contributed by atoms with Gasteiger partial charge >= 0.3 is 0 Å². The number of hydrogen-bond acceptors (Lipinski definition) is 3. The van der Waals surface area contributed by atoms with E-state index in [2.05, 4.69) is 75.8 Å². The Hall–Kier alpha value is -3.18. The van der Waals surface area contributed by atoms with Crippen LogP contribution in [0.25, 0.3) is 0 Å². The molecule has 5 heteroatoms. The molecule has 0 unspecified atom stereocenters. The summed E-state index contributed by atoms with van der Waals surface area (Å²) in [5.74, 6) is -0.189. The number of hydrogen-bond donors (Lipinski definition) is 1. The number of halogens is 1. The van der Waals surface area contributed by atoms with Gasteiger partial charge in [-0.3, -0.25) is 9.69 Å². The van der Waals surface area contributed by atoms with Gasteiger partial charge in [-0.15, -0.1) is 0 Å². The van der Waals surface area contributed by atoms with E-state index >= 15 is 0 Å². The fourth-order valence-electron chi connectivity index (χ4n) is 5.21. The highest BCUT2D eigenvalue weighted by Gasteiger charge is 2.33. The van der Waals surface area contributed by atoms with Crippen molar-refractivity contribution in [1.29, 1.82) is 0 Å². The first kappa shape index (κ1) is 24.0. The van der Waals surface area contributed by atoms with Crippen LogP contribution in [0.1, 0.15) is 30.4 Å². The number of amides is 1. The molecule has 0 aromatic heterocycles. The van der Waals surface area contributed by atoms with Crippen molar-refractivity contribution >= 4 is 12.1 Å². The first-order chi connectivity index (χ1) is 16.7. The van der Waals surface area contributed by atoms with E-state index in [1.54, 1.807) is 0 Å². The van der Waals surface area contributed by atoms with E-state index < -0.39 is 0 Å². The molecule has 1 amide bonds. The van der Waals surface area contributed by atoms with Crippen LogP contribution < -0.4 is 10.2 Å². The summed E-state index contributed by atoms with van der Waals surface area (Å²) in [6.07, 6.45) is 3.74. The number of nitrogens with zero attached hydrogens (tertiary/aromatic N) is 2. The third-order valence-corrected chi connectivity index (χ3v) is 7.07. The predicted octanol–water partition coefficient (Wildman–Crippen LogP) is 4.85. The molecule has 1 N–H and O–H groups in total. The van der Waals surface area contributed by atoms with Gasteiger partial charge < -0.3 is 10.2 Å². The molecule has 0 radical (unpaired) electrons. The maximum absolute atomic E-state index is 13.2.